The Hall–Kier alpha value is -1.89. The Morgan fingerprint density at radius 2 is 1.62 bits per heavy atom. The zero-order valence-corrected chi connectivity index (χ0v) is 15.2. The van der Waals surface area contributed by atoms with Crippen molar-refractivity contribution in [2.24, 2.45) is 11.5 Å². The Bertz CT molecular complexity index is 492. The minimum Gasteiger partial charge on any atom is -0.480 e. The molecule has 3 amide bonds. The molecule has 0 spiro atoms. The second-order valence-electron chi connectivity index (χ2n) is 5.49. The molecule has 11 nitrogen and oxygen atoms in total. The minimum absolute atomic E-state index is 0.0675. The lowest BCUT2D eigenvalue weighted by Crippen LogP contribution is -2.57. The van der Waals surface area contributed by atoms with Gasteiger partial charge < -0.3 is 37.6 Å². The quantitative estimate of drug-likeness (QED) is 0.117. The van der Waals surface area contributed by atoms with E-state index in [1.807, 2.05) is 5.32 Å². The molecule has 9 N–H and O–H groups in total. The Balaban J connectivity index is 4.63. The molecular weight excluding hydrogens is 366 g/mol. The molecule has 0 aromatic heterocycles. The maximum Gasteiger partial charge on any atom is 0.322 e. The minimum atomic E-state index is -1.36. The van der Waals surface area contributed by atoms with Gasteiger partial charge in [-0.15, -0.1) is 0 Å². The Morgan fingerprint density at radius 1 is 1.00 bits per heavy atom. The number of carbonyl (C=O) groups excluding carboxylic acids is 3. The average Bonchev–Trinajstić information content (AvgIpc) is 2.61. The molecule has 3 unspecified atom stereocenters. The standard InChI is InChI=1S/C14H27N5O6S/c15-4-2-1-3-8(16)12(23)19-10(7-26)14(25)18-9(6-20)13(24)17-5-11(21)22/h8-10,20,26H,1-7,15-16H2,(H,17,24)(H,18,25)(H,19,23)(H,21,22). The summed E-state index contributed by atoms with van der Waals surface area (Å²) in [5, 5.41) is 24.4. The highest BCUT2D eigenvalue weighted by atomic mass is 32.1. The number of carboxylic acids is 1. The lowest BCUT2D eigenvalue weighted by Gasteiger charge is -2.22. The number of aliphatic carboxylic acids is 1. The molecule has 0 rings (SSSR count). The van der Waals surface area contributed by atoms with Crippen LogP contribution < -0.4 is 27.4 Å². The van der Waals surface area contributed by atoms with Gasteiger partial charge in [0, 0.05) is 5.75 Å². The van der Waals surface area contributed by atoms with Gasteiger partial charge in [0.05, 0.1) is 12.6 Å². The van der Waals surface area contributed by atoms with Crippen molar-refractivity contribution in [1.29, 1.82) is 0 Å². The monoisotopic (exact) mass is 393 g/mol. The van der Waals surface area contributed by atoms with Crippen molar-refractivity contribution in [3.05, 3.63) is 0 Å². The van der Waals surface area contributed by atoms with Crippen LogP contribution in [-0.4, -0.2) is 77.5 Å². The van der Waals surface area contributed by atoms with E-state index in [1.54, 1.807) is 0 Å². The van der Waals surface area contributed by atoms with Crippen molar-refractivity contribution in [3.63, 3.8) is 0 Å². The van der Waals surface area contributed by atoms with Crippen LogP contribution in [0.2, 0.25) is 0 Å². The van der Waals surface area contributed by atoms with Gasteiger partial charge in [0.1, 0.15) is 18.6 Å². The molecule has 0 radical (unpaired) electrons. The normalized spacial score (nSPS) is 14.0. The predicted octanol–water partition coefficient (Wildman–Crippen LogP) is -3.46. The number of aliphatic hydroxyl groups excluding tert-OH is 1. The van der Waals surface area contributed by atoms with Crippen molar-refractivity contribution in [1.82, 2.24) is 16.0 Å². The van der Waals surface area contributed by atoms with E-state index in [0.29, 0.717) is 19.4 Å². The molecule has 12 heteroatoms. The second-order valence-corrected chi connectivity index (χ2v) is 5.86. The van der Waals surface area contributed by atoms with Gasteiger partial charge in [-0.05, 0) is 19.4 Å². The summed E-state index contributed by atoms with van der Waals surface area (Å²) in [7, 11) is 0. The number of carboxylic acid groups (broad SMARTS) is 1. The van der Waals surface area contributed by atoms with E-state index in [4.69, 9.17) is 16.6 Å². The third-order valence-electron chi connectivity index (χ3n) is 3.35. The van der Waals surface area contributed by atoms with Crippen LogP contribution in [0.1, 0.15) is 19.3 Å². The van der Waals surface area contributed by atoms with Gasteiger partial charge >= 0.3 is 5.97 Å². The number of hydrogen-bond donors (Lipinski definition) is 8. The maximum absolute atomic E-state index is 12.2. The van der Waals surface area contributed by atoms with Crippen molar-refractivity contribution in [2.75, 3.05) is 25.4 Å². The summed E-state index contributed by atoms with van der Waals surface area (Å²) in [4.78, 5) is 46.3. The fraction of sp³-hybridized carbons (Fsp3) is 0.714. The second kappa shape index (κ2) is 13.3. The molecule has 26 heavy (non-hydrogen) atoms. The number of carbonyl (C=O) groups is 4. The molecule has 0 bridgehead atoms. The fourth-order valence-electron chi connectivity index (χ4n) is 1.86. The summed E-state index contributed by atoms with van der Waals surface area (Å²) >= 11 is 3.98. The van der Waals surface area contributed by atoms with Gasteiger partial charge in [0.15, 0.2) is 0 Å². The van der Waals surface area contributed by atoms with Gasteiger partial charge in [-0.1, -0.05) is 6.42 Å². The Kier molecular flexibility index (Phi) is 12.4. The number of unbranched alkanes of at least 4 members (excludes halogenated alkanes) is 1. The first-order chi connectivity index (χ1) is 12.3. The lowest BCUT2D eigenvalue weighted by molar-refractivity contribution is -0.138. The van der Waals surface area contributed by atoms with Gasteiger partial charge in [0.2, 0.25) is 17.7 Å². The maximum atomic E-state index is 12.2. The number of thiol groups is 1. The average molecular weight is 393 g/mol. The number of aliphatic hydroxyl groups is 1. The van der Waals surface area contributed by atoms with Crippen LogP contribution in [0.4, 0.5) is 0 Å². The van der Waals surface area contributed by atoms with Crippen molar-refractivity contribution < 1.29 is 29.4 Å². The van der Waals surface area contributed by atoms with Crippen molar-refractivity contribution in [3.8, 4) is 0 Å². The van der Waals surface area contributed by atoms with E-state index in [9.17, 15) is 24.3 Å². The largest absolute Gasteiger partial charge is 0.480 e. The summed E-state index contributed by atoms with van der Waals surface area (Å²) < 4.78 is 0. The number of nitrogens with one attached hydrogen (secondary N) is 3. The van der Waals surface area contributed by atoms with Gasteiger partial charge in [-0.3, -0.25) is 19.2 Å². The molecule has 0 aromatic carbocycles. The third-order valence-corrected chi connectivity index (χ3v) is 3.72. The summed E-state index contributed by atoms with van der Waals surface area (Å²) in [6.07, 6.45) is 1.79. The Morgan fingerprint density at radius 3 is 2.12 bits per heavy atom. The summed E-state index contributed by atoms with van der Waals surface area (Å²) in [5.41, 5.74) is 11.1. The SMILES string of the molecule is NCCCCC(N)C(=O)NC(CS)C(=O)NC(CO)C(=O)NCC(=O)O. The molecule has 0 heterocycles. The third kappa shape index (κ3) is 9.56. The smallest absolute Gasteiger partial charge is 0.322 e. The zero-order valence-electron chi connectivity index (χ0n) is 14.3. The number of hydrogen-bond acceptors (Lipinski definition) is 8. The summed E-state index contributed by atoms with van der Waals surface area (Å²) in [5.74, 6) is -3.52. The molecule has 0 aliphatic rings. The van der Waals surface area contributed by atoms with Crippen molar-refractivity contribution >= 4 is 36.3 Å². The van der Waals surface area contributed by atoms with Gasteiger partial charge in [-0.25, -0.2) is 0 Å². The van der Waals surface area contributed by atoms with Gasteiger partial charge in [-0.2, -0.15) is 12.6 Å². The highest BCUT2D eigenvalue weighted by Crippen LogP contribution is 2.00. The highest BCUT2D eigenvalue weighted by Gasteiger charge is 2.27. The molecule has 150 valence electrons. The Labute approximate surface area is 156 Å². The molecular formula is C14H27N5O6S. The van der Waals surface area contributed by atoms with E-state index in [2.05, 4.69) is 23.3 Å². The van der Waals surface area contributed by atoms with Crippen molar-refractivity contribution in [2.45, 2.75) is 37.4 Å². The summed E-state index contributed by atoms with van der Waals surface area (Å²) in [6.45, 7) is -0.916. The molecule has 0 aliphatic heterocycles. The predicted molar refractivity (Wildman–Crippen MR) is 96.3 cm³/mol. The molecule has 0 fully saturated rings. The molecule has 3 atom stereocenters. The first-order valence-electron chi connectivity index (χ1n) is 8.04. The topological polar surface area (TPSA) is 197 Å². The van der Waals surface area contributed by atoms with Gasteiger partial charge in [0.25, 0.3) is 0 Å². The van der Waals surface area contributed by atoms with E-state index in [1.165, 1.54) is 0 Å². The highest BCUT2D eigenvalue weighted by molar-refractivity contribution is 7.80. The number of amides is 3. The molecule has 0 saturated carbocycles. The summed E-state index contributed by atoms with van der Waals surface area (Å²) in [6, 6.07) is -3.25. The first kappa shape index (κ1) is 24.1. The van der Waals surface area contributed by atoms with Crippen LogP contribution in [0.5, 0.6) is 0 Å². The molecule has 0 saturated heterocycles. The van der Waals surface area contributed by atoms with E-state index >= 15 is 0 Å². The van der Waals surface area contributed by atoms with Crippen LogP contribution in [0, 0.1) is 0 Å². The van der Waals surface area contributed by atoms with E-state index in [0.717, 1.165) is 6.42 Å². The number of nitrogens with two attached hydrogens (primary N) is 2. The van der Waals surface area contributed by atoms with Crippen LogP contribution in [0.15, 0.2) is 0 Å². The van der Waals surface area contributed by atoms with E-state index in [-0.39, 0.29) is 5.75 Å². The fourth-order valence-corrected chi connectivity index (χ4v) is 2.12. The zero-order chi connectivity index (χ0) is 20.1. The molecule has 0 aliphatic carbocycles. The van der Waals surface area contributed by atoms with Crippen LogP contribution >= 0.6 is 12.6 Å². The lowest BCUT2D eigenvalue weighted by atomic mass is 10.1. The van der Waals surface area contributed by atoms with E-state index < -0.39 is 55.0 Å². The molecule has 0 aromatic rings. The van der Waals surface area contributed by atoms with Crippen LogP contribution in [-0.2, 0) is 19.2 Å². The number of rotatable bonds is 13. The first-order valence-corrected chi connectivity index (χ1v) is 8.67. The van der Waals surface area contributed by atoms with Crippen LogP contribution in [0.25, 0.3) is 0 Å². The van der Waals surface area contributed by atoms with Crippen LogP contribution in [0.3, 0.4) is 0 Å².